The van der Waals surface area contributed by atoms with Crippen LogP contribution in [0.25, 0.3) is 6.08 Å². The zero-order valence-electron chi connectivity index (χ0n) is 9.75. The number of piperidine rings is 1. The fourth-order valence-electron chi connectivity index (χ4n) is 1.92. The summed E-state index contributed by atoms with van der Waals surface area (Å²) in [5.41, 5.74) is 1.03. The van der Waals surface area contributed by atoms with Crippen LogP contribution in [0.5, 0.6) is 0 Å². The molecule has 17 heavy (non-hydrogen) atoms. The molecule has 2 rings (SSSR count). The van der Waals surface area contributed by atoms with Gasteiger partial charge in [0.05, 0.1) is 6.10 Å². The van der Waals surface area contributed by atoms with Crippen molar-refractivity contribution in [2.75, 3.05) is 13.1 Å². The van der Waals surface area contributed by atoms with E-state index < -0.39 is 0 Å². The number of benzene rings is 1. The van der Waals surface area contributed by atoms with E-state index in [4.69, 9.17) is 0 Å². The molecule has 3 heteroatoms. The summed E-state index contributed by atoms with van der Waals surface area (Å²) < 4.78 is 0. The van der Waals surface area contributed by atoms with Gasteiger partial charge in [0.15, 0.2) is 0 Å². The van der Waals surface area contributed by atoms with Gasteiger partial charge in [-0.25, -0.2) is 0 Å². The number of aliphatic hydroxyl groups excluding tert-OH is 1. The Labute approximate surface area is 101 Å². The fraction of sp³-hybridized carbons (Fsp3) is 0.357. The minimum absolute atomic E-state index is 0.0285. The summed E-state index contributed by atoms with van der Waals surface area (Å²) in [5, 5.41) is 9.36. The maximum absolute atomic E-state index is 11.8. The number of hydrogen-bond donors (Lipinski definition) is 1. The lowest BCUT2D eigenvalue weighted by Crippen LogP contribution is -2.39. The molecule has 0 radical (unpaired) electrons. The van der Waals surface area contributed by atoms with Crippen LogP contribution in [0.1, 0.15) is 18.4 Å². The highest BCUT2D eigenvalue weighted by Crippen LogP contribution is 2.11. The van der Waals surface area contributed by atoms with Crippen LogP contribution in [0.4, 0.5) is 0 Å². The predicted octanol–water partition coefficient (Wildman–Crippen LogP) is 1.68. The monoisotopic (exact) mass is 231 g/mol. The molecule has 0 aromatic heterocycles. The Morgan fingerprint density at radius 1 is 1.24 bits per heavy atom. The minimum atomic E-state index is -0.239. The van der Waals surface area contributed by atoms with E-state index in [1.807, 2.05) is 36.4 Å². The van der Waals surface area contributed by atoms with Crippen LogP contribution in [0.2, 0.25) is 0 Å². The Kier molecular flexibility index (Phi) is 3.94. The van der Waals surface area contributed by atoms with Gasteiger partial charge in [0.2, 0.25) is 5.91 Å². The first kappa shape index (κ1) is 11.9. The summed E-state index contributed by atoms with van der Waals surface area (Å²) in [4.78, 5) is 13.6. The lowest BCUT2D eigenvalue weighted by atomic mass is 10.1. The van der Waals surface area contributed by atoms with Crippen LogP contribution < -0.4 is 0 Å². The average molecular weight is 231 g/mol. The molecule has 1 aromatic carbocycles. The smallest absolute Gasteiger partial charge is 0.246 e. The van der Waals surface area contributed by atoms with E-state index in [0.29, 0.717) is 25.9 Å². The van der Waals surface area contributed by atoms with Crippen LogP contribution >= 0.6 is 0 Å². The van der Waals surface area contributed by atoms with Crippen LogP contribution in [-0.4, -0.2) is 35.1 Å². The highest BCUT2D eigenvalue weighted by atomic mass is 16.3. The van der Waals surface area contributed by atoms with Crippen molar-refractivity contribution >= 4 is 12.0 Å². The van der Waals surface area contributed by atoms with Gasteiger partial charge >= 0.3 is 0 Å². The molecular weight excluding hydrogens is 214 g/mol. The number of likely N-dealkylation sites (tertiary alicyclic amines) is 1. The first-order valence-corrected chi connectivity index (χ1v) is 5.96. The average Bonchev–Trinajstić information content (AvgIpc) is 2.38. The highest BCUT2D eigenvalue weighted by molar-refractivity contribution is 5.91. The molecule has 3 nitrogen and oxygen atoms in total. The molecule has 1 aliphatic rings. The molecule has 0 bridgehead atoms. The second-order valence-electron chi connectivity index (χ2n) is 4.30. The topological polar surface area (TPSA) is 40.5 Å². The summed E-state index contributed by atoms with van der Waals surface area (Å²) in [6.45, 7) is 1.30. The molecule has 1 amide bonds. The molecule has 1 aromatic rings. The molecule has 90 valence electrons. The van der Waals surface area contributed by atoms with Gasteiger partial charge in [-0.3, -0.25) is 4.79 Å². The normalized spacial score (nSPS) is 17.6. The molecule has 1 fully saturated rings. The predicted molar refractivity (Wildman–Crippen MR) is 67.3 cm³/mol. The molecule has 1 aliphatic heterocycles. The highest BCUT2D eigenvalue weighted by Gasteiger charge is 2.19. The summed E-state index contributed by atoms with van der Waals surface area (Å²) in [5.74, 6) is 0.0285. The Balaban J connectivity index is 1.91. The zero-order valence-corrected chi connectivity index (χ0v) is 9.75. The first-order valence-electron chi connectivity index (χ1n) is 5.96. The number of aliphatic hydroxyl groups is 1. The number of carbonyl (C=O) groups is 1. The molecule has 0 saturated carbocycles. The van der Waals surface area contributed by atoms with Crippen LogP contribution in [0, 0.1) is 0 Å². The Morgan fingerprint density at radius 3 is 2.53 bits per heavy atom. The van der Waals surface area contributed by atoms with E-state index >= 15 is 0 Å². The first-order chi connectivity index (χ1) is 8.25. The van der Waals surface area contributed by atoms with Gasteiger partial charge < -0.3 is 10.0 Å². The third kappa shape index (κ3) is 3.43. The van der Waals surface area contributed by atoms with Crippen LogP contribution in [0.15, 0.2) is 36.4 Å². The molecule has 0 atom stereocenters. The van der Waals surface area contributed by atoms with Gasteiger partial charge in [-0.1, -0.05) is 30.3 Å². The van der Waals surface area contributed by atoms with Gasteiger partial charge in [-0.05, 0) is 24.5 Å². The van der Waals surface area contributed by atoms with Gasteiger partial charge in [0.25, 0.3) is 0 Å². The maximum atomic E-state index is 11.8. The van der Waals surface area contributed by atoms with Gasteiger partial charge in [0.1, 0.15) is 0 Å². The van der Waals surface area contributed by atoms with Crippen molar-refractivity contribution in [2.45, 2.75) is 18.9 Å². The molecule has 0 unspecified atom stereocenters. The zero-order chi connectivity index (χ0) is 12.1. The largest absolute Gasteiger partial charge is 0.393 e. The summed E-state index contributed by atoms with van der Waals surface area (Å²) in [6, 6.07) is 9.77. The van der Waals surface area contributed by atoms with E-state index in [9.17, 15) is 9.90 Å². The number of carbonyl (C=O) groups excluding carboxylic acids is 1. The molecule has 0 spiro atoms. The molecule has 1 saturated heterocycles. The summed E-state index contributed by atoms with van der Waals surface area (Å²) >= 11 is 0. The van der Waals surface area contributed by atoms with Crippen molar-refractivity contribution in [3.63, 3.8) is 0 Å². The molecular formula is C14H17NO2. The van der Waals surface area contributed by atoms with E-state index in [1.54, 1.807) is 11.0 Å². The number of hydrogen-bond acceptors (Lipinski definition) is 2. The van der Waals surface area contributed by atoms with E-state index in [1.165, 1.54) is 0 Å². The Morgan fingerprint density at radius 2 is 1.88 bits per heavy atom. The van der Waals surface area contributed by atoms with Crippen molar-refractivity contribution in [2.24, 2.45) is 0 Å². The SMILES string of the molecule is O=C(/C=C/c1ccccc1)N1CCC(O)CC1. The van der Waals surface area contributed by atoms with Crippen LogP contribution in [-0.2, 0) is 4.79 Å². The van der Waals surface area contributed by atoms with Gasteiger partial charge in [-0.2, -0.15) is 0 Å². The minimum Gasteiger partial charge on any atom is -0.393 e. The standard InChI is InChI=1S/C14H17NO2/c16-13-8-10-15(11-9-13)14(17)7-6-12-4-2-1-3-5-12/h1-7,13,16H,8-11H2/b7-6+. The van der Waals surface area contributed by atoms with Gasteiger partial charge in [-0.15, -0.1) is 0 Å². The lowest BCUT2D eigenvalue weighted by Gasteiger charge is -2.28. The Bertz CT molecular complexity index is 392. The molecule has 0 aliphatic carbocycles. The number of amides is 1. The van der Waals surface area contributed by atoms with Crippen molar-refractivity contribution in [3.8, 4) is 0 Å². The van der Waals surface area contributed by atoms with Crippen molar-refractivity contribution in [3.05, 3.63) is 42.0 Å². The summed E-state index contributed by atoms with van der Waals surface area (Å²) in [7, 11) is 0. The Hall–Kier alpha value is -1.61. The fourth-order valence-corrected chi connectivity index (χ4v) is 1.92. The summed E-state index contributed by atoms with van der Waals surface area (Å²) in [6.07, 6.45) is 4.56. The number of rotatable bonds is 2. The quantitative estimate of drug-likeness (QED) is 0.787. The number of nitrogens with zero attached hydrogens (tertiary/aromatic N) is 1. The van der Waals surface area contributed by atoms with E-state index in [2.05, 4.69) is 0 Å². The van der Waals surface area contributed by atoms with Crippen molar-refractivity contribution in [1.82, 2.24) is 4.90 Å². The van der Waals surface area contributed by atoms with Crippen LogP contribution in [0.3, 0.4) is 0 Å². The molecule has 1 N–H and O–H groups in total. The van der Waals surface area contributed by atoms with E-state index in [-0.39, 0.29) is 12.0 Å². The second kappa shape index (κ2) is 5.64. The van der Waals surface area contributed by atoms with Crippen molar-refractivity contribution < 1.29 is 9.90 Å². The van der Waals surface area contributed by atoms with Gasteiger partial charge in [0, 0.05) is 19.2 Å². The molecule has 1 heterocycles. The second-order valence-corrected chi connectivity index (χ2v) is 4.30. The third-order valence-electron chi connectivity index (χ3n) is 2.99. The lowest BCUT2D eigenvalue weighted by molar-refractivity contribution is -0.127. The van der Waals surface area contributed by atoms with E-state index in [0.717, 1.165) is 5.56 Å². The van der Waals surface area contributed by atoms with Crippen molar-refractivity contribution in [1.29, 1.82) is 0 Å². The maximum Gasteiger partial charge on any atom is 0.246 e. The third-order valence-corrected chi connectivity index (χ3v) is 2.99.